The van der Waals surface area contributed by atoms with Crippen molar-refractivity contribution >= 4 is 5.97 Å². The second kappa shape index (κ2) is 15.8. The Kier molecular flexibility index (Phi) is 15.1. The summed E-state index contributed by atoms with van der Waals surface area (Å²) in [4.78, 5) is 11.6. The lowest BCUT2D eigenvalue weighted by molar-refractivity contribution is -0.142. The van der Waals surface area contributed by atoms with Crippen LogP contribution in [-0.2, 0) is 9.53 Å². The van der Waals surface area contributed by atoms with Gasteiger partial charge < -0.3 is 4.74 Å². The molecule has 0 aliphatic carbocycles. The van der Waals surface area contributed by atoms with Gasteiger partial charge in [0.2, 0.25) is 0 Å². The summed E-state index contributed by atoms with van der Waals surface area (Å²) >= 11 is 0. The molecule has 0 aromatic rings. The van der Waals surface area contributed by atoms with Gasteiger partial charge in [0.05, 0.1) is 0 Å². The van der Waals surface area contributed by atoms with Crippen molar-refractivity contribution in [2.75, 3.05) is 6.61 Å². The lowest BCUT2D eigenvalue weighted by Crippen LogP contribution is -2.04. The Balaban J connectivity index is 3.51. The van der Waals surface area contributed by atoms with Gasteiger partial charge in [0.1, 0.15) is 6.61 Å². The molecule has 0 aromatic heterocycles. The maximum absolute atomic E-state index is 11.6. The van der Waals surface area contributed by atoms with Crippen LogP contribution >= 0.6 is 0 Å². The van der Waals surface area contributed by atoms with Gasteiger partial charge in [0.25, 0.3) is 0 Å². The van der Waals surface area contributed by atoms with Gasteiger partial charge in [-0.2, -0.15) is 0 Å². The predicted octanol–water partition coefficient (Wildman–Crippen LogP) is 6.75. The summed E-state index contributed by atoms with van der Waals surface area (Å²) in [6.45, 7) is 9.01. The van der Waals surface area contributed by atoms with Crippen molar-refractivity contribution in [1.82, 2.24) is 0 Å². The highest BCUT2D eigenvalue weighted by molar-refractivity contribution is 5.69. The van der Waals surface area contributed by atoms with Crippen LogP contribution in [0.2, 0.25) is 0 Å². The summed E-state index contributed by atoms with van der Waals surface area (Å²) in [5, 5.41) is 0. The Labute approximate surface area is 144 Å². The normalized spacial score (nSPS) is 11.4. The van der Waals surface area contributed by atoms with E-state index in [0.29, 0.717) is 13.0 Å². The number of esters is 1. The van der Waals surface area contributed by atoms with Crippen LogP contribution in [-0.4, -0.2) is 12.6 Å². The number of ether oxygens (including phenoxy) is 1. The van der Waals surface area contributed by atoms with Gasteiger partial charge in [0.15, 0.2) is 0 Å². The Morgan fingerprint density at radius 3 is 2.04 bits per heavy atom. The lowest BCUT2D eigenvalue weighted by Gasteiger charge is -2.04. The fourth-order valence-corrected chi connectivity index (χ4v) is 2.44. The van der Waals surface area contributed by atoms with E-state index >= 15 is 0 Å². The highest BCUT2D eigenvalue weighted by atomic mass is 16.5. The summed E-state index contributed by atoms with van der Waals surface area (Å²) in [5.41, 5.74) is 2.65. The summed E-state index contributed by atoms with van der Waals surface area (Å²) in [6.07, 6.45) is 17.0. The maximum atomic E-state index is 11.6. The van der Waals surface area contributed by atoms with Gasteiger partial charge in [-0.05, 0) is 46.1 Å². The molecule has 0 fully saturated rings. The Bertz CT molecular complexity index is 349. The number of rotatable bonds is 14. The van der Waals surface area contributed by atoms with Crippen molar-refractivity contribution in [2.24, 2.45) is 0 Å². The molecule has 0 saturated heterocycles. The number of carbonyl (C=O) groups is 1. The SMILES string of the molecule is CCCCCCCCCCC(=O)OCC=C(C)CCC=C(C)C. The first-order chi connectivity index (χ1) is 11.1. The smallest absolute Gasteiger partial charge is 0.306 e. The zero-order valence-electron chi connectivity index (χ0n) is 16.0. The van der Waals surface area contributed by atoms with Crippen molar-refractivity contribution in [2.45, 2.75) is 98.3 Å². The van der Waals surface area contributed by atoms with Crippen molar-refractivity contribution in [3.63, 3.8) is 0 Å². The summed E-state index contributed by atoms with van der Waals surface area (Å²) in [5.74, 6) is -0.0515. The molecule has 23 heavy (non-hydrogen) atoms. The topological polar surface area (TPSA) is 26.3 Å². The Morgan fingerprint density at radius 2 is 1.43 bits per heavy atom. The van der Waals surface area contributed by atoms with E-state index in [1.54, 1.807) is 0 Å². The van der Waals surface area contributed by atoms with Crippen molar-refractivity contribution < 1.29 is 9.53 Å². The molecule has 0 amide bonds. The maximum Gasteiger partial charge on any atom is 0.306 e. The standard InChI is InChI=1S/C21H38O2/c1-5-6-7-8-9-10-11-12-16-21(22)23-18-17-20(4)15-13-14-19(2)3/h14,17H,5-13,15-16,18H2,1-4H3. The Morgan fingerprint density at radius 1 is 0.826 bits per heavy atom. The summed E-state index contributed by atoms with van der Waals surface area (Å²) in [6, 6.07) is 0. The molecule has 0 spiro atoms. The molecule has 0 aliphatic heterocycles. The monoisotopic (exact) mass is 322 g/mol. The minimum atomic E-state index is -0.0515. The van der Waals surface area contributed by atoms with Crippen LogP contribution in [0.25, 0.3) is 0 Å². The fourth-order valence-electron chi connectivity index (χ4n) is 2.44. The van der Waals surface area contributed by atoms with Gasteiger partial charge >= 0.3 is 5.97 Å². The third-order valence-corrected chi connectivity index (χ3v) is 4.00. The fraction of sp³-hybridized carbons (Fsp3) is 0.762. The minimum Gasteiger partial charge on any atom is -0.461 e. The molecule has 2 nitrogen and oxygen atoms in total. The zero-order chi connectivity index (χ0) is 17.3. The molecule has 0 aromatic carbocycles. The average Bonchev–Trinajstić information content (AvgIpc) is 2.49. The summed E-state index contributed by atoms with van der Waals surface area (Å²) < 4.78 is 5.27. The largest absolute Gasteiger partial charge is 0.461 e. The molecule has 0 aliphatic rings. The van der Waals surface area contributed by atoms with Gasteiger partial charge in [-0.15, -0.1) is 0 Å². The lowest BCUT2D eigenvalue weighted by atomic mass is 10.1. The highest BCUT2D eigenvalue weighted by Gasteiger charge is 2.01. The number of hydrogen-bond donors (Lipinski definition) is 0. The van der Waals surface area contributed by atoms with Crippen molar-refractivity contribution in [1.29, 1.82) is 0 Å². The van der Waals surface area contributed by atoms with E-state index < -0.39 is 0 Å². The molecule has 0 heterocycles. The average molecular weight is 323 g/mol. The molecule has 0 N–H and O–H groups in total. The van der Waals surface area contributed by atoms with E-state index in [0.717, 1.165) is 25.7 Å². The third-order valence-electron chi connectivity index (χ3n) is 4.00. The molecule has 2 heteroatoms. The van der Waals surface area contributed by atoms with Crippen LogP contribution in [0.4, 0.5) is 0 Å². The number of hydrogen-bond acceptors (Lipinski definition) is 2. The number of carbonyl (C=O) groups excluding carboxylic acids is 1. The first kappa shape index (κ1) is 21.9. The second-order valence-corrected chi connectivity index (χ2v) is 6.78. The summed E-state index contributed by atoms with van der Waals surface area (Å²) in [7, 11) is 0. The zero-order valence-corrected chi connectivity index (χ0v) is 16.0. The highest BCUT2D eigenvalue weighted by Crippen LogP contribution is 2.10. The van der Waals surface area contributed by atoms with Crippen LogP contribution in [0.1, 0.15) is 98.3 Å². The number of unbranched alkanes of at least 4 members (excludes halogenated alkanes) is 7. The second-order valence-electron chi connectivity index (χ2n) is 6.78. The Hall–Kier alpha value is -1.05. The predicted molar refractivity (Wildman–Crippen MR) is 101 cm³/mol. The molecule has 0 atom stereocenters. The van der Waals surface area contributed by atoms with E-state index in [1.165, 1.54) is 49.7 Å². The van der Waals surface area contributed by atoms with Crippen LogP contribution in [0, 0.1) is 0 Å². The first-order valence-corrected chi connectivity index (χ1v) is 9.50. The van der Waals surface area contributed by atoms with E-state index in [4.69, 9.17) is 4.74 Å². The minimum absolute atomic E-state index is 0.0515. The van der Waals surface area contributed by atoms with Gasteiger partial charge in [-0.25, -0.2) is 0 Å². The van der Waals surface area contributed by atoms with Crippen LogP contribution in [0.5, 0.6) is 0 Å². The molecule has 0 saturated carbocycles. The van der Waals surface area contributed by atoms with Gasteiger partial charge in [-0.3, -0.25) is 4.79 Å². The van der Waals surface area contributed by atoms with E-state index in [2.05, 4.69) is 33.8 Å². The molecule has 0 bridgehead atoms. The van der Waals surface area contributed by atoms with Crippen LogP contribution in [0.3, 0.4) is 0 Å². The third kappa shape index (κ3) is 17.1. The molecule has 0 unspecified atom stereocenters. The molecular weight excluding hydrogens is 284 g/mol. The number of allylic oxidation sites excluding steroid dienone is 3. The van der Waals surface area contributed by atoms with Crippen molar-refractivity contribution in [3.8, 4) is 0 Å². The molecule has 0 radical (unpaired) electrons. The van der Waals surface area contributed by atoms with Gasteiger partial charge in [0, 0.05) is 6.42 Å². The van der Waals surface area contributed by atoms with E-state index in [1.807, 2.05) is 6.08 Å². The van der Waals surface area contributed by atoms with Crippen LogP contribution in [0.15, 0.2) is 23.3 Å². The van der Waals surface area contributed by atoms with Crippen LogP contribution < -0.4 is 0 Å². The van der Waals surface area contributed by atoms with E-state index in [-0.39, 0.29) is 5.97 Å². The first-order valence-electron chi connectivity index (χ1n) is 9.50. The molecule has 0 rings (SSSR count). The van der Waals surface area contributed by atoms with Gasteiger partial charge in [-0.1, -0.05) is 69.1 Å². The molecular formula is C21H38O2. The van der Waals surface area contributed by atoms with E-state index in [9.17, 15) is 4.79 Å². The quantitative estimate of drug-likeness (QED) is 0.201. The molecule has 134 valence electrons. The van der Waals surface area contributed by atoms with Crippen molar-refractivity contribution in [3.05, 3.63) is 23.3 Å².